The maximum absolute atomic E-state index is 11.9. The molecule has 0 bridgehead atoms. The molecule has 0 spiro atoms. The lowest BCUT2D eigenvalue weighted by atomic mass is 10.2. The van der Waals surface area contributed by atoms with Gasteiger partial charge in [-0.2, -0.15) is 0 Å². The average molecular weight is 271 g/mol. The molecule has 0 radical (unpaired) electrons. The molecule has 1 N–H and O–H groups in total. The third kappa shape index (κ3) is 4.23. The first-order valence-corrected chi connectivity index (χ1v) is 6.25. The molecule has 1 heterocycles. The second-order valence-corrected chi connectivity index (χ2v) is 5.05. The summed E-state index contributed by atoms with van der Waals surface area (Å²) >= 11 is 5.94. The molecule has 0 unspecified atom stereocenters. The van der Waals surface area contributed by atoms with Crippen LogP contribution in [0.25, 0.3) is 0 Å². The first kappa shape index (κ1) is 14.9. The van der Waals surface area contributed by atoms with Crippen LogP contribution in [-0.4, -0.2) is 48.0 Å². The predicted molar refractivity (Wildman–Crippen MR) is 72.0 cm³/mol. The Morgan fingerprint density at radius 1 is 1.50 bits per heavy atom. The molecule has 0 fully saturated rings. The van der Waals surface area contributed by atoms with Crippen molar-refractivity contribution in [3.8, 4) is 0 Å². The average Bonchev–Trinajstić information content (AvgIpc) is 2.28. The van der Waals surface area contributed by atoms with Gasteiger partial charge >= 0.3 is 0 Å². The number of nitrogens with one attached hydrogen (secondary N) is 1. The summed E-state index contributed by atoms with van der Waals surface area (Å²) in [7, 11) is 3.89. The van der Waals surface area contributed by atoms with Crippen molar-refractivity contribution in [1.82, 2.24) is 20.2 Å². The molecule has 1 rings (SSSR count). The summed E-state index contributed by atoms with van der Waals surface area (Å²) < 4.78 is 0. The van der Waals surface area contributed by atoms with Crippen LogP contribution < -0.4 is 5.32 Å². The summed E-state index contributed by atoms with van der Waals surface area (Å²) in [5, 5.41) is 3.06. The highest BCUT2D eigenvalue weighted by Crippen LogP contribution is 2.16. The molecule has 0 atom stereocenters. The van der Waals surface area contributed by atoms with Crippen molar-refractivity contribution in [1.29, 1.82) is 0 Å². The Kier molecular flexibility index (Phi) is 5.50. The standard InChI is InChI=1S/C12H19ClN4O/c1-8(2)11-15-7-9(13)10(16-11)12(18)14-5-6-17(3)4/h7-8H,5-6H2,1-4H3,(H,14,18). The first-order chi connectivity index (χ1) is 8.41. The van der Waals surface area contributed by atoms with Crippen molar-refractivity contribution in [2.24, 2.45) is 0 Å². The summed E-state index contributed by atoms with van der Waals surface area (Å²) in [6.07, 6.45) is 1.48. The lowest BCUT2D eigenvalue weighted by Crippen LogP contribution is -2.32. The van der Waals surface area contributed by atoms with Crippen LogP contribution in [0.5, 0.6) is 0 Å². The SMILES string of the molecule is CC(C)c1ncc(Cl)c(C(=O)NCCN(C)C)n1. The van der Waals surface area contributed by atoms with E-state index in [-0.39, 0.29) is 22.5 Å². The topological polar surface area (TPSA) is 58.1 Å². The van der Waals surface area contributed by atoms with Crippen LogP contribution in [0.1, 0.15) is 36.1 Å². The van der Waals surface area contributed by atoms with Gasteiger partial charge in [0.05, 0.1) is 11.2 Å². The second kappa shape index (κ2) is 6.66. The fraction of sp³-hybridized carbons (Fsp3) is 0.583. The van der Waals surface area contributed by atoms with Gasteiger partial charge in [0.1, 0.15) is 11.5 Å². The molecular weight excluding hydrogens is 252 g/mol. The number of aromatic nitrogens is 2. The van der Waals surface area contributed by atoms with E-state index >= 15 is 0 Å². The smallest absolute Gasteiger partial charge is 0.271 e. The minimum atomic E-state index is -0.258. The molecule has 0 saturated heterocycles. The van der Waals surface area contributed by atoms with E-state index in [0.717, 1.165) is 6.54 Å². The Labute approximate surface area is 113 Å². The first-order valence-electron chi connectivity index (χ1n) is 5.87. The van der Waals surface area contributed by atoms with Gasteiger partial charge in [-0.15, -0.1) is 0 Å². The number of rotatable bonds is 5. The maximum atomic E-state index is 11.9. The predicted octanol–water partition coefficient (Wildman–Crippen LogP) is 1.54. The fourth-order valence-corrected chi connectivity index (χ4v) is 1.47. The summed E-state index contributed by atoms with van der Waals surface area (Å²) in [5.74, 6) is 0.527. The number of likely N-dealkylation sites (N-methyl/N-ethyl adjacent to an activating group) is 1. The van der Waals surface area contributed by atoms with Crippen LogP contribution in [0, 0.1) is 0 Å². The molecule has 0 aliphatic carbocycles. The molecule has 100 valence electrons. The van der Waals surface area contributed by atoms with Gasteiger partial charge in [0, 0.05) is 19.0 Å². The monoisotopic (exact) mass is 270 g/mol. The number of hydrogen-bond acceptors (Lipinski definition) is 4. The summed E-state index contributed by atoms with van der Waals surface area (Å²) in [6, 6.07) is 0. The van der Waals surface area contributed by atoms with E-state index in [1.807, 2.05) is 32.8 Å². The number of halogens is 1. The Bertz CT molecular complexity index is 421. The Hall–Kier alpha value is -1.20. The second-order valence-electron chi connectivity index (χ2n) is 4.64. The van der Waals surface area contributed by atoms with Crippen LogP contribution in [0.2, 0.25) is 5.02 Å². The molecule has 1 aromatic heterocycles. The highest BCUT2D eigenvalue weighted by Gasteiger charge is 2.14. The molecule has 0 aliphatic heterocycles. The lowest BCUT2D eigenvalue weighted by Gasteiger charge is -2.11. The lowest BCUT2D eigenvalue weighted by molar-refractivity contribution is 0.0945. The molecule has 6 heteroatoms. The molecule has 1 aromatic rings. The molecule has 5 nitrogen and oxygen atoms in total. The van der Waals surface area contributed by atoms with E-state index in [0.29, 0.717) is 12.4 Å². The van der Waals surface area contributed by atoms with E-state index in [4.69, 9.17) is 11.6 Å². The van der Waals surface area contributed by atoms with E-state index in [2.05, 4.69) is 15.3 Å². The van der Waals surface area contributed by atoms with Gasteiger partial charge in [0.2, 0.25) is 0 Å². The zero-order valence-corrected chi connectivity index (χ0v) is 12.0. The van der Waals surface area contributed by atoms with E-state index < -0.39 is 0 Å². The van der Waals surface area contributed by atoms with Crippen LogP contribution in [-0.2, 0) is 0 Å². The van der Waals surface area contributed by atoms with Crippen molar-refractivity contribution >= 4 is 17.5 Å². The quantitative estimate of drug-likeness (QED) is 0.882. The van der Waals surface area contributed by atoms with Gasteiger partial charge in [0.15, 0.2) is 0 Å². The molecule has 0 aromatic carbocycles. The maximum Gasteiger partial charge on any atom is 0.271 e. The van der Waals surface area contributed by atoms with Crippen LogP contribution in [0.3, 0.4) is 0 Å². The number of carbonyl (C=O) groups is 1. The van der Waals surface area contributed by atoms with Crippen molar-refractivity contribution in [2.75, 3.05) is 27.2 Å². The minimum Gasteiger partial charge on any atom is -0.349 e. The zero-order valence-electron chi connectivity index (χ0n) is 11.2. The van der Waals surface area contributed by atoms with Crippen molar-refractivity contribution < 1.29 is 4.79 Å². The third-order valence-corrected chi connectivity index (χ3v) is 2.62. The van der Waals surface area contributed by atoms with Crippen LogP contribution in [0.15, 0.2) is 6.20 Å². The van der Waals surface area contributed by atoms with Crippen LogP contribution >= 0.6 is 11.6 Å². The van der Waals surface area contributed by atoms with Gasteiger partial charge < -0.3 is 10.2 Å². The third-order valence-electron chi connectivity index (χ3n) is 2.34. The van der Waals surface area contributed by atoms with Gasteiger partial charge in [-0.1, -0.05) is 25.4 Å². The van der Waals surface area contributed by atoms with E-state index in [1.54, 1.807) is 0 Å². The number of nitrogens with zero attached hydrogens (tertiary/aromatic N) is 3. The minimum absolute atomic E-state index is 0.163. The van der Waals surface area contributed by atoms with Crippen molar-refractivity contribution in [2.45, 2.75) is 19.8 Å². The van der Waals surface area contributed by atoms with Crippen LogP contribution in [0.4, 0.5) is 0 Å². The zero-order chi connectivity index (χ0) is 13.7. The molecule has 0 saturated carbocycles. The van der Waals surface area contributed by atoms with Gasteiger partial charge in [-0.05, 0) is 14.1 Å². The largest absolute Gasteiger partial charge is 0.349 e. The Morgan fingerprint density at radius 2 is 2.17 bits per heavy atom. The molecule has 0 aliphatic rings. The number of carbonyl (C=O) groups excluding carboxylic acids is 1. The number of hydrogen-bond donors (Lipinski definition) is 1. The van der Waals surface area contributed by atoms with Crippen molar-refractivity contribution in [3.63, 3.8) is 0 Å². The highest BCUT2D eigenvalue weighted by molar-refractivity contribution is 6.33. The Balaban J connectivity index is 2.75. The van der Waals surface area contributed by atoms with Gasteiger partial charge in [-0.25, -0.2) is 9.97 Å². The summed E-state index contributed by atoms with van der Waals surface area (Å²) in [6.45, 7) is 5.27. The van der Waals surface area contributed by atoms with Gasteiger partial charge in [0.25, 0.3) is 5.91 Å². The molecule has 18 heavy (non-hydrogen) atoms. The fourth-order valence-electron chi connectivity index (χ4n) is 1.29. The molecule has 1 amide bonds. The molecular formula is C12H19ClN4O. The Morgan fingerprint density at radius 3 is 2.72 bits per heavy atom. The number of amides is 1. The normalized spacial score (nSPS) is 11.1. The van der Waals surface area contributed by atoms with Gasteiger partial charge in [-0.3, -0.25) is 4.79 Å². The van der Waals surface area contributed by atoms with Crippen molar-refractivity contribution in [3.05, 3.63) is 22.7 Å². The summed E-state index contributed by atoms with van der Waals surface area (Å²) in [4.78, 5) is 22.2. The van der Waals surface area contributed by atoms with E-state index in [9.17, 15) is 4.79 Å². The van der Waals surface area contributed by atoms with E-state index in [1.165, 1.54) is 6.20 Å². The highest BCUT2D eigenvalue weighted by atomic mass is 35.5. The summed E-state index contributed by atoms with van der Waals surface area (Å²) in [5.41, 5.74) is 0.245.